The number of rotatable bonds is 6. The first kappa shape index (κ1) is 14.5. The summed E-state index contributed by atoms with van der Waals surface area (Å²) >= 11 is 0. The molecule has 2 N–H and O–H groups in total. The van der Waals surface area contributed by atoms with Crippen LogP contribution in [0.5, 0.6) is 0 Å². The van der Waals surface area contributed by atoms with Crippen molar-refractivity contribution in [2.45, 2.75) is 52.4 Å². The van der Waals surface area contributed by atoms with Crippen LogP contribution in [0.4, 0.5) is 0 Å². The highest BCUT2D eigenvalue weighted by Crippen LogP contribution is 2.26. The Morgan fingerprint density at radius 3 is 2.41 bits per heavy atom. The summed E-state index contributed by atoms with van der Waals surface area (Å²) in [5, 5.41) is 6.24. The second kappa shape index (κ2) is 7.00. The molecule has 1 fully saturated rings. The van der Waals surface area contributed by atoms with E-state index >= 15 is 0 Å². The first-order valence-electron chi connectivity index (χ1n) is 6.95. The van der Waals surface area contributed by atoms with Crippen LogP contribution in [0.15, 0.2) is 0 Å². The molecule has 1 rings (SSSR count). The van der Waals surface area contributed by atoms with E-state index in [1.54, 1.807) is 0 Å². The maximum Gasteiger partial charge on any atom is 0.220 e. The van der Waals surface area contributed by atoms with Gasteiger partial charge in [0.25, 0.3) is 0 Å². The zero-order chi connectivity index (χ0) is 12.7. The number of hydrogen-bond acceptors (Lipinski definition) is 2. The normalized spacial score (nSPS) is 18.1. The molecule has 1 amide bonds. The summed E-state index contributed by atoms with van der Waals surface area (Å²) in [6.07, 6.45) is 7.19. The Hall–Kier alpha value is -0.570. The van der Waals surface area contributed by atoms with Gasteiger partial charge in [0.05, 0.1) is 0 Å². The van der Waals surface area contributed by atoms with Gasteiger partial charge in [-0.25, -0.2) is 0 Å². The Bertz CT molecular complexity index is 232. The van der Waals surface area contributed by atoms with Gasteiger partial charge in [0.2, 0.25) is 5.91 Å². The van der Waals surface area contributed by atoms with Crippen LogP contribution in [0.1, 0.15) is 52.4 Å². The van der Waals surface area contributed by atoms with Gasteiger partial charge in [-0.2, -0.15) is 0 Å². The van der Waals surface area contributed by atoms with Crippen LogP contribution in [-0.4, -0.2) is 26.0 Å². The summed E-state index contributed by atoms with van der Waals surface area (Å²) in [7, 11) is 1.95. The molecule has 3 heteroatoms. The second-order valence-corrected chi connectivity index (χ2v) is 6.18. The molecule has 0 unspecified atom stereocenters. The molecule has 1 aliphatic rings. The van der Waals surface area contributed by atoms with E-state index in [0.29, 0.717) is 5.92 Å². The van der Waals surface area contributed by atoms with Crippen LogP contribution in [-0.2, 0) is 4.79 Å². The zero-order valence-electron chi connectivity index (χ0n) is 11.6. The average Bonchev–Trinajstić information content (AvgIpc) is 2.28. The number of hydrogen-bond donors (Lipinski definition) is 2. The summed E-state index contributed by atoms with van der Waals surface area (Å²) in [6, 6.07) is 0. The third kappa shape index (κ3) is 6.06. The molecule has 0 saturated heterocycles. The predicted octanol–water partition coefficient (Wildman–Crippen LogP) is 2.32. The van der Waals surface area contributed by atoms with E-state index in [-0.39, 0.29) is 11.3 Å². The molecular formula is C14H28N2O. The lowest BCUT2D eigenvalue weighted by molar-refractivity contribution is -0.122. The van der Waals surface area contributed by atoms with E-state index < -0.39 is 0 Å². The molecule has 0 heterocycles. The highest BCUT2D eigenvalue weighted by atomic mass is 16.1. The molecule has 0 aliphatic heterocycles. The second-order valence-electron chi connectivity index (χ2n) is 6.18. The maximum atomic E-state index is 11.8. The van der Waals surface area contributed by atoms with E-state index in [2.05, 4.69) is 24.5 Å². The van der Waals surface area contributed by atoms with Crippen LogP contribution in [0.2, 0.25) is 0 Å². The molecule has 0 aromatic heterocycles. The van der Waals surface area contributed by atoms with Crippen molar-refractivity contribution in [2.75, 3.05) is 20.1 Å². The number of nitrogens with one attached hydrogen (secondary N) is 2. The van der Waals surface area contributed by atoms with Gasteiger partial charge in [-0.05, 0) is 31.2 Å². The molecule has 0 spiro atoms. The van der Waals surface area contributed by atoms with Crippen LogP contribution in [0.25, 0.3) is 0 Å². The van der Waals surface area contributed by atoms with Crippen molar-refractivity contribution in [3.05, 3.63) is 0 Å². The monoisotopic (exact) mass is 240 g/mol. The van der Waals surface area contributed by atoms with Gasteiger partial charge >= 0.3 is 0 Å². The number of carbonyl (C=O) groups excluding carboxylic acids is 1. The molecule has 1 aliphatic carbocycles. The molecule has 0 aromatic rings. The molecule has 0 aromatic carbocycles. The highest BCUT2D eigenvalue weighted by Gasteiger charge is 2.20. The summed E-state index contributed by atoms with van der Waals surface area (Å²) < 4.78 is 0. The highest BCUT2D eigenvalue weighted by molar-refractivity contribution is 5.76. The first-order valence-corrected chi connectivity index (χ1v) is 6.95. The summed E-state index contributed by atoms with van der Waals surface area (Å²) in [4.78, 5) is 11.8. The molecule has 0 bridgehead atoms. The van der Waals surface area contributed by atoms with E-state index in [9.17, 15) is 4.79 Å². The summed E-state index contributed by atoms with van der Waals surface area (Å²) in [5.74, 6) is 0.872. The molecule has 17 heavy (non-hydrogen) atoms. The van der Waals surface area contributed by atoms with Gasteiger partial charge in [-0.3, -0.25) is 4.79 Å². The maximum absolute atomic E-state index is 11.8. The van der Waals surface area contributed by atoms with Crippen molar-refractivity contribution in [3.63, 3.8) is 0 Å². The molecule has 1 saturated carbocycles. The quantitative estimate of drug-likeness (QED) is 0.748. The molecular weight excluding hydrogens is 212 g/mol. The van der Waals surface area contributed by atoms with Gasteiger partial charge in [0.1, 0.15) is 0 Å². The van der Waals surface area contributed by atoms with Gasteiger partial charge < -0.3 is 10.6 Å². The average molecular weight is 240 g/mol. The third-order valence-corrected chi connectivity index (χ3v) is 3.62. The van der Waals surface area contributed by atoms with Crippen LogP contribution < -0.4 is 10.6 Å². The minimum atomic E-state index is 0.136. The lowest BCUT2D eigenvalue weighted by Crippen LogP contribution is -2.39. The molecule has 0 radical (unpaired) electrons. The standard InChI is InChI=1S/C14H28N2O/c1-14(2,10-15-3)11-16-13(17)9-12-7-5-4-6-8-12/h12,15H,4-11H2,1-3H3,(H,16,17). The molecule has 3 nitrogen and oxygen atoms in total. The van der Waals surface area contributed by atoms with Crippen molar-refractivity contribution in [3.8, 4) is 0 Å². The van der Waals surface area contributed by atoms with Gasteiger partial charge in [0.15, 0.2) is 0 Å². The smallest absolute Gasteiger partial charge is 0.220 e. The van der Waals surface area contributed by atoms with Crippen molar-refractivity contribution in [1.82, 2.24) is 10.6 Å². The topological polar surface area (TPSA) is 41.1 Å². The largest absolute Gasteiger partial charge is 0.356 e. The number of carbonyl (C=O) groups is 1. The van der Waals surface area contributed by atoms with E-state index in [1.165, 1.54) is 32.1 Å². The van der Waals surface area contributed by atoms with Gasteiger partial charge in [-0.15, -0.1) is 0 Å². The Morgan fingerprint density at radius 1 is 1.18 bits per heavy atom. The summed E-state index contributed by atoms with van der Waals surface area (Å²) in [6.45, 7) is 6.03. The minimum absolute atomic E-state index is 0.136. The van der Waals surface area contributed by atoms with E-state index in [0.717, 1.165) is 19.5 Å². The predicted molar refractivity (Wildman–Crippen MR) is 71.9 cm³/mol. The SMILES string of the molecule is CNCC(C)(C)CNC(=O)CC1CCCCC1. The van der Waals surface area contributed by atoms with Crippen LogP contribution >= 0.6 is 0 Å². The third-order valence-electron chi connectivity index (χ3n) is 3.62. The molecule has 0 atom stereocenters. The fourth-order valence-electron chi connectivity index (χ4n) is 2.60. The van der Waals surface area contributed by atoms with Gasteiger partial charge in [0, 0.05) is 19.5 Å². The van der Waals surface area contributed by atoms with Crippen LogP contribution in [0, 0.1) is 11.3 Å². The Morgan fingerprint density at radius 2 is 1.82 bits per heavy atom. The lowest BCUT2D eigenvalue weighted by atomic mass is 9.86. The van der Waals surface area contributed by atoms with Crippen molar-refractivity contribution < 1.29 is 4.79 Å². The molecule has 100 valence electrons. The number of amides is 1. The fourth-order valence-corrected chi connectivity index (χ4v) is 2.60. The minimum Gasteiger partial charge on any atom is -0.356 e. The van der Waals surface area contributed by atoms with E-state index in [4.69, 9.17) is 0 Å². The van der Waals surface area contributed by atoms with Crippen molar-refractivity contribution >= 4 is 5.91 Å². The Labute approximate surface area is 106 Å². The zero-order valence-corrected chi connectivity index (χ0v) is 11.6. The van der Waals surface area contributed by atoms with Gasteiger partial charge in [-0.1, -0.05) is 33.1 Å². The fraction of sp³-hybridized carbons (Fsp3) is 0.929. The lowest BCUT2D eigenvalue weighted by Gasteiger charge is -2.26. The van der Waals surface area contributed by atoms with E-state index in [1.807, 2.05) is 7.05 Å². The first-order chi connectivity index (χ1) is 8.03. The van der Waals surface area contributed by atoms with Crippen molar-refractivity contribution in [2.24, 2.45) is 11.3 Å². The van der Waals surface area contributed by atoms with Crippen molar-refractivity contribution in [1.29, 1.82) is 0 Å². The Kier molecular flexibility index (Phi) is 5.96. The Balaban J connectivity index is 2.20. The van der Waals surface area contributed by atoms with Crippen LogP contribution in [0.3, 0.4) is 0 Å². The summed E-state index contributed by atoms with van der Waals surface area (Å²) in [5.41, 5.74) is 0.136.